The van der Waals surface area contributed by atoms with Gasteiger partial charge in [0.2, 0.25) is 0 Å². The van der Waals surface area contributed by atoms with Crippen LogP contribution >= 0.6 is 0 Å². The Balaban J connectivity index is 1.11. The molecule has 6 aliphatic carbocycles. The number of amides is 3. The minimum atomic E-state index is -0.156. The minimum absolute atomic E-state index is 0.156. The van der Waals surface area contributed by atoms with E-state index in [1.54, 1.807) is 18.2 Å². The maximum atomic E-state index is 13.3. The molecule has 192 valence electrons. The molecule has 1 aromatic rings. The van der Waals surface area contributed by atoms with E-state index in [-0.39, 0.29) is 35.8 Å². The van der Waals surface area contributed by atoms with E-state index >= 15 is 0 Å². The molecule has 6 saturated carbocycles. The average Bonchev–Trinajstić information content (AvgIpc) is 3.72. The van der Waals surface area contributed by atoms with Crippen molar-refractivity contribution in [3.63, 3.8) is 0 Å². The lowest BCUT2D eigenvalue weighted by Crippen LogP contribution is -2.40. The van der Waals surface area contributed by atoms with Gasteiger partial charge in [-0.3, -0.25) is 14.4 Å². The number of rotatable bonds is 6. The fourth-order valence-electron chi connectivity index (χ4n) is 9.04. The highest BCUT2D eigenvalue weighted by Gasteiger charge is 2.42. The molecule has 6 bridgehead atoms. The van der Waals surface area contributed by atoms with Gasteiger partial charge in [0.05, 0.1) is 0 Å². The Bertz CT molecular complexity index is 940. The van der Waals surface area contributed by atoms with Gasteiger partial charge in [0.15, 0.2) is 0 Å². The van der Waals surface area contributed by atoms with Crippen LogP contribution in [0.15, 0.2) is 18.2 Å². The second kappa shape index (κ2) is 8.88. The lowest BCUT2D eigenvalue weighted by molar-refractivity contribution is 0.0922. The molecule has 7 rings (SSSR count). The first kappa shape index (κ1) is 22.8. The van der Waals surface area contributed by atoms with Gasteiger partial charge in [-0.15, -0.1) is 0 Å². The Morgan fingerprint density at radius 1 is 0.472 bits per heavy atom. The third-order valence-electron chi connectivity index (χ3n) is 10.9. The van der Waals surface area contributed by atoms with Crippen LogP contribution < -0.4 is 16.0 Å². The molecular formula is C30H39N3O3. The summed E-state index contributed by atoms with van der Waals surface area (Å²) in [6, 6.07) is 5.73. The van der Waals surface area contributed by atoms with Gasteiger partial charge in [0.25, 0.3) is 17.7 Å². The summed E-state index contributed by atoms with van der Waals surface area (Å²) in [4.78, 5) is 40.0. The largest absolute Gasteiger partial charge is 0.349 e. The molecule has 0 saturated heterocycles. The van der Waals surface area contributed by atoms with Crippen LogP contribution in [0.5, 0.6) is 0 Å². The molecule has 3 amide bonds. The summed E-state index contributed by atoms with van der Waals surface area (Å²) >= 11 is 0. The first-order valence-corrected chi connectivity index (χ1v) is 14.6. The average molecular weight is 490 g/mol. The fraction of sp³-hybridized carbons (Fsp3) is 0.700. The van der Waals surface area contributed by atoms with Crippen LogP contribution in [0.3, 0.4) is 0 Å². The van der Waals surface area contributed by atoms with Gasteiger partial charge < -0.3 is 16.0 Å². The molecule has 0 aliphatic heterocycles. The quantitative estimate of drug-likeness (QED) is 0.552. The summed E-state index contributed by atoms with van der Waals surface area (Å²) in [5.41, 5.74) is 1.28. The fourth-order valence-corrected chi connectivity index (χ4v) is 9.04. The molecule has 0 spiro atoms. The summed E-state index contributed by atoms with van der Waals surface area (Å²) in [6.07, 6.45) is 14.2. The number of fused-ring (bicyclic) bond motifs is 6. The molecule has 0 aromatic heterocycles. The minimum Gasteiger partial charge on any atom is -0.349 e. The molecule has 0 heterocycles. The zero-order chi connectivity index (χ0) is 24.4. The number of nitrogens with one attached hydrogen (secondary N) is 3. The standard InChI is InChI=1S/C30H39N3O3/c34-28(31-25-10-16-1-4-19(25)7-16)22-13-23(29(35)32-26-11-17-2-5-20(26)8-17)15-24(14-22)30(36)33-27-12-18-3-6-21(27)9-18/h13-21,25-27H,1-12H2,(H,31,34)(H,32,35)(H,33,36). The van der Waals surface area contributed by atoms with Gasteiger partial charge in [-0.2, -0.15) is 0 Å². The van der Waals surface area contributed by atoms with E-state index in [1.807, 2.05) is 0 Å². The number of hydrogen-bond acceptors (Lipinski definition) is 3. The zero-order valence-electron chi connectivity index (χ0n) is 21.1. The second-order valence-corrected chi connectivity index (χ2v) is 13.1. The topological polar surface area (TPSA) is 87.3 Å². The molecular weight excluding hydrogens is 450 g/mol. The normalized spacial score (nSPS) is 39.5. The van der Waals surface area contributed by atoms with E-state index in [9.17, 15) is 14.4 Å². The van der Waals surface area contributed by atoms with E-state index in [0.29, 0.717) is 34.4 Å². The molecule has 9 atom stereocenters. The van der Waals surface area contributed by atoms with Crippen molar-refractivity contribution in [1.82, 2.24) is 16.0 Å². The van der Waals surface area contributed by atoms with Crippen molar-refractivity contribution in [1.29, 1.82) is 0 Å². The van der Waals surface area contributed by atoms with Crippen LogP contribution in [-0.4, -0.2) is 35.8 Å². The third kappa shape index (κ3) is 4.14. The maximum Gasteiger partial charge on any atom is 0.251 e. The number of carbonyl (C=O) groups excluding carboxylic acids is 3. The molecule has 6 fully saturated rings. The highest BCUT2D eigenvalue weighted by molar-refractivity contribution is 6.04. The third-order valence-corrected chi connectivity index (χ3v) is 10.9. The van der Waals surface area contributed by atoms with Crippen molar-refractivity contribution in [3.8, 4) is 0 Å². The second-order valence-electron chi connectivity index (χ2n) is 13.1. The SMILES string of the molecule is O=C(NC1CC2CCC1C2)c1cc(C(=O)NC2CC3CCC2C3)cc(C(=O)NC2CC3CCC2C3)c1. The summed E-state index contributed by atoms with van der Waals surface area (Å²) in [6.45, 7) is 0. The Morgan fingerprint density at radius 2 is 0.778 bits per heavy atom. The molecule has 0 radical (unpaired) electrons. The van der Waals surface area contributed by atoms with Crippen molar-refractivity contribution in [2.75, 3.05) is 0 Å². The molecule has 6 heteroatoms. The van der Waals surface area contributed by atoms with Crippen molar-refractivity contribution >= 4 is 17.7 Å². The van der Waals surface area contributed by atoms with Crippen LogP contribution in [0.4, 0.5) is 0 Å². The van der Waals surface area contributed by atoms with Crippen LogP contribution in [0.2, 0.25) is 0 Å². The van der Waals surface area contributed by atoms with Gasteiger partial charge in [-0.1, -0.05) is 19.3 Å². The summed E-state index contributed by atoms with van der Waals surface area (Å²) in [5, 5.41) is 9.74. The van der Waals surface area contributed by atoms with Crippen LogP contribution in [0, 0.1) is 35.5 Å². The summed E-state index contributed by atoms with van der Waals surface area (Å²) < 4.78 is 0. The summed E-state index contributed by atoms with van der Waals surface area (Å²) in [7, 11) is 0. The van der Waals surface area contributed by atoms with Gasteiger partial charge in [0.1, 0.15) is 0 Å². The predicted molar refractivity (Wildman–Crippen MR) is 137 cm³/mol. The zero-order valence-corrected chi connectivity index (χ0v) is 21.1. The number of hydrogen-bond donors (Lipinski definition) is 3. The van der Waals surface area contributed by atoms with Crippen LogP contribution in [0.25, 0.3) is 0 Å². The monoisotopic (exact) mass is 489 g/mol. The maximum absolute atomic E-state index is 13.3. The van der Waals surface area contributed by atoms with E-state index in [0.717, 1.165) is 37.0 Å². The van der Waals surface area contributed by atoms with E-state index < -0.39 is 0 Å². The predicted octanol–water partition coefficient (Wildman–Crippen LogP) is 4.44. The van der Waals surface area contributed by atoms with Gasteiger partial charge in [-0.05, 0) is 111 Å². The Morgan fingerprint density at radius 3 is 1.00 bits per heavy atom. The molecule has 36 heavy (non-hydrogen) atoms. The van der Waals surface area contributed by atoms with Crippen molar-refractivity contribution < 1.29 is 14.4 Å². The van der Waals surface area contributed by atoms with E-state index in [4.69, 9.17) is 0 Å². The van der Waals surface area contributed by atoms with Gasteiger partial charge >= 0.3 is 0 Å². The summed E-state index contributed by atoms with van der Waals surface area (Å²) in [5.74, 6) is 3.46. The first-order valence-electron chi connectivity index (χ1n) is 14.6. The molecule has 9 unspecified atom stereocenters. The Labute approximate surface area is 213 Å². The van der Waals surface area contributed by atoms with Crippen molar-refractivity contribution in [3.05, 3.63) is 34.9 Å². The van der Waals surface area contributed by atoms with Crippen LogP contribution in [-0.2, 0) is 0 Å². The van der Waals surface area contributed by atoms with Crippen LogP contribution in [0.1, 0.15) is 108 Å². The first-order chi connectivity index (χ1) is 17.5. The highest BCUT2D eigenvalue weighted by atomic mass is 16.2. The molecule has 1 aromatic carbocycles. The smallest absolute Gasteiger partial charge is 0.251 e. The van der Waals surface area contributed by atoms with Gasteiger partial charge in [-0.25, -0.2) is 0 Å². The van der Waals surface area contributed by atoms with E-state index in [1.165, 1.54) is 57.8 Å². The Hall–Kier alpha value is -2.37. The molecule has 6 aliphatic rings. The van der Waals surface area contributed by atoms with E-state index in [2.05, 4.69) is 16.0 Å². The lowest BCUT2D eigenvalue weighted by atomic mass is 9.94. The van der Waals surface area contributed by atoms with Crippen molar-refractivity contribution in [2.45, 2.75) is 95.2 Å². The van der Waals surface area contributed by atoms with Crippen molar-refractivity contribution in [2.24, 2.45) is 35.5 Å². The van der Waals surface area contributed by atoms with Gasteiger partial charge in [0, 0.05) is 34.8 Å². The Kier molecular flexibility index (Phi) is 5.62. The molecule has 3 N–H and O–H groups in total. The highest BCUT2D eigenvalue weighted by Crippen LogP contribution is 2.46. The number of benzene rings is 1. The molecule has 6 nitrogen and oxygen atoms in total. The number of carbonyl (C=O) groups is 3. The lowest BCUT2D eigenvalue weighted by Gasteiger charge is -2.25.